The molecule has 1 unspecified atom stereocenters. The van der Waals surface area contributed by atoms with E-state index in [1.54, 1.807) is 6.20 Å². The van der Waals surface area contributed by atoms with Gasteiger partial charge in [0.25, 0.3) is 0 Å². The number of pyridine rings is 1. The number of hydrogen-bond acceptors (Lipinski definition) is 7. The van der Waals surface area contributed by atoms with Crippen molar-refractivity contribution in [2.75, 3.05) is 12.1 Å². The van der Waals surface area contributed by atoms with Crippen molar-refractivity contribution in [3.05, 3.63) is 57.5 Å². The fourth-order valence-corrected chi connectivity index (χ4v) is 5.65. The Bertz CT molecular complexity index is 1230. The van der Waals surface area contributed by atoms with Crippen LogP contribution in [0.4, 0.5) is 8.78 Å². The van der Waals surface area contributed by atoms with Gasteiger partial charge in [-0.3, -0.25) is 14.5 Å². The zero-order valence-electron chi connectivity index (χ0n) is 17.8. The van der Waals surface area contributed by atoms with Gasteiger partial charge in [0.1, 0.15) is 28.5 Å². The van der Waals surface area contributed by atoms with Crippen LogP contribution in [-0.2, 0) is 6.42 Å². The summed E-state index contributed by atoms with van der Waals surface area (Å²) < 4.78 is 29.1. The minimum absolute atomic E-state index is 0.0826. The van der Waals surface area contributed by atoms with Crippen molar-refractivity contribution >= 4 is 17.0 Å². The lowest BCUT2D eigenvalue weighted by atomic mass is 9.96. The number of fused-ring (bicyclic) bond motifs is 3. The molecule has 1 aliphatic carbocycles. The van der Waals surface area contributed by atoms with Gasteiger partial charge >= 0.3 is 0 Å². The number of halogens is 2. The zero-order valence-corrected chi connectivity index (χ0v) is 18.6. The second kappa shape index (κ2) is 7.54. The molecule has 0 bridgehead atoms. The van der Waals surface area contributed by atoms with E-state index in [-0.39, 0.29) is 36.4 Å². The average molecular weight is 460 g/mol. The molecule has 5 rings (SSSR count). The highest BCUT2D eigenvalue weighted by molar-refractivity contribution is 7.14. The smallest absolute Gasteiger partial charge is 0.234 e. The molecule has 168 valence electrons. The molecule has 0 saturated carbocycles. The maximum Gasteiger partial charge on any atom is 0.234 e. The van der Waals surface area contributed by atoms with Crippen LogP contribution in [0.2, 0.25) is 0 Å². The molecular weight excluding hydrogens is 436 g/mol. The highest BCUT2D eigenvalue weighted by Gasteiger charge is 2.41. The van der Waals surface area contributed by atoms with E-state index in [9.17, 15) is 18.7 Å². The molecule has 0 amide bonds. The normalized spacial score (nSPS) is 24.9. The first-order valence-corrected chi connectivity index (χ1v) is 11.3. The minimum Gasteiger partial charge on any atom is -0.503 e. The maximum atomic E-state index is 14.1. The molecule has 3 aliphatic rings. The summed E-state index contributed by atoms with van der Waals surface area (Å²) in [7, 11) is 1.91. The summed E-state index contributed by atoms with van der Waals surface area (Å²) in [5, 5.41) is 22.1. The van der Waals surface area contributed by atoms with Gasteiger partial charge in [0, 0.05) is 37.7 Å². The first kappa shape index (κ1) is 20.9. The van der Waals surface area contributed by atoms with Gasteiger partial charge in [-0.15, -0.1) is 10.2 Å². The van der Waals surface area contributed by atoms with Crippen LogP contribution >= 0.6 is 11.3 Å². The Labute approximate surface area is 187 Å². The predicted octanol–water partition coefficient (Wildman–Crippen LogP) is 3.70. The van der Waals surface area contributed by atoms with E-state index in [0.29, 0.717) is 21.4 Å². The van der Waals surface area contributed by atoms with Crippen molar-refractivity contribution in [1.29, 1.82) is 0 Å². The summed E-state index contributed by atoms with van der Waals surface area (Å²) in [6.45, 7) is 6.19. The molecule has 32 heavy (non-hydrogen) atoms. The molecule has 7 nitrogen and oxygen atoms in total. The van der Waals surface area contributed by atoms with Crippen LogP contribution in [-0.4, -0.2) is 44.1 Å². The topological polar surface area (TPSA) is 74.5 Å². The molecule has 2 aromatic rings. The van der Waals surface area contributed by atoms with Crippen LogP contribution in [0, 0.1) is 5.92 Å². The summed E-state index contributed by atoms with van der Waals surface area (Å²) in [6, 6.07) is 0.212. The summed E-state index contributed by atoms with van der Waals surface area (Å²) >= 11 is 1.18. The molecule has 3 atom stereocenters. The SMILES string of the molecule is C=C1c2c(O)c(=O)c(-c3nnc(CC4CC=C(F)C=C4F)s3)cn2N2[C@H](C)CC[C@@H]2N1C. The van der Waals surface area contributed by atoms with Crippen molar-refractivity contribution < 1.29 is 13.9 Å². The van der Waals surface area contributed by atoms with Crippen LogP contribution in [0.1, 0.15) is 36.9 Å². The van der Waals surface area contributed by atoms with Gasteiger partial charge in [0.2, 0.25) is 5.43 Å². The predicted molar refractivity (Wildman–Crippen MR) is 119 cm³/mol. The van der Waals surface area contributed by atoms with E-state index in [1.165, 1.54) is 17.4 Å². The molecule has 1 saturated heterocycles. The number of allylic oxidation sites excluding steroid dienone is 4. The third-order valence-corrected chi connectivity index (χ3v) is 7.52. The lowest BCUT2D eigenvalue weighted by molar-refractivity contribution is 0.277. The van der Waals surface area contributed by atoms with Crippen LogP contribution < -0.4 is 10.4 Å². The number of aromatic nitrogens is 3. The largest absolute Gasteiger partial charge is 0.503 e. The van der Waals surface area contributed by atoms with Crippen LogP contribution in [0.25, 0.3) is 16.3 Å². The molecule has 1 fully saturated rings. The zero-order chi connectivity index (χ0) is 22.7. The molecule has 0 radical (unpaired) electrons. The van der Waals surface area contributed by atoms with Gasteiger partial charge in [-0.1, -0.05) is 17.9 Å². The van der Waals surface area contributed by atoms with Crippen LogP contribution in [0.15, 0.2) is 41.4 Å². The van der Waals surface area contributed by atoms with Gasteiger partial charge < -0.3 is 10.0 Å². The highest BCUT2D eigenvalue weighted by atomic mass is 32.1. The monoisotopic (exact) mass is 459 g/mol. The summed E-state index contributed by atoms with van der Waals surface area (Å²) in [5.41, 5.74) is 0.641. The minimum atomic E-state index is -0.573. The number of rotatable bonds is 3. The Morgan fingerprint density at radius 3 is 2.84 bits per heavy atom. The van der Waals surface area contributed by atoms with E-state index in [1.807, 2.05) is 16.6 Å². The first-order chi connectivity index (χ1) is 15.3. The Hall–Kier alpha value is -3.01. The Morgan fingerprint density at radius 1 is 1.31 bits per heavy atom. The van der Waals surface area contributed by atoms with Gasteiger partial charge in [-0.05, 0) is 32.3 Å². The number of aromatic hydroxyl groups is 1. The highest BCUT2D eigenvalue weighted by Crippen LogP contribution is 2.39. The fraction of sp³-hybridized carbons (Fsp3) is 0.409. The Kier molecular flexibility index (Phi) is 4.92. The van der Waals surface area contributed by atoms with Crippen molar-refractivity contribution in [1.82, 2.24) is 19.8 Å². The van der Waals surface area contributed by atoms with E-state index < -0.39 is 23.0 Å². The van der Waals surface area contributed by atoms with Crippen LogP contribution in [0.3, 0.4) is 0 Å². The average Bonchev–Trinajstić information content (AvgIpc) is 3.37. The standard InChI is InChI=1S/C22H23F2N5O2S/c1-11-4-7-18-27(3)12(2)19-21(31)20(30)15(10-28(19)29(11)18)22-26-25-17(32-22)8-13-5-6-14(23)9-16(13)24/h6,9-11,13,18,31H,2,4-5,7-8H2,1,3H3/t11-,13?,18-/m1/s1. The van der Waals surface area contributed by atoms with Crippen molar-refractivity contribution in [2.45, 2.75) is 44.8 Å². The lowest BCUT2D eigenvalue weighted by Gasteiger charge is -2.45. The quantitative estimate of drug-likeness (QED) is 0.755. The van der Waals surface area contributed by atoms with Crippen molar-refractivity contribution in [3.8, 4) is 16.3 Å². The molecule has 0 aromatic carbocycles. The maximum absolute atomic E-state index is 14.1. The molecular formula is C22H23F2N5O2S. The second-order valence-corrected chi connectivity index (χ2v) is 9.58. The third kappa shape index (κ3) is 3.16. The van der Waals surface area contributed by atoms with Crippen molar-refractivity contribution in [2.24, 2.45) is 5.92 Å². The number of hydrogen-bond donors (Lipinski definition) is 1. The van der Waals surface area contributed by atoms with Crippen molar-refractivity contribution in [3.63, 3.8) is 0 Å². The summed E-state index contributed by atoms with van der Waals surface area (Å²) in [4.78, 5) is 15.0. The van der Waals surface area contributed by atoms with Gasteiger partial charge in [0.15, 0.2) is 10.8 Å². The molecule has 1 N–H and O–H groups in total. The first-order valence-electron chi connectivity index (χ1n) is 10.5. The molecule has 2 aliphatic heterocycles. The third-order valence-electron chi connectivity index (χ3n) is 6.54. The Morgan fingerprint density at radius 2 is 2.09 bits per heavy atom. The molecule has 10 heteroatoms. The van der Waals surface area contributed by atoms with Crippen LogP contribution in [0.5, 0.6) is 5.75 Å². The van der Waals surface area contributed by atoms with Gasteiger partial charge in [-0.2, -0.15) is 0 Å². The lowest BCUT2D eigenvalue weighted by Crippen LogP contribution is -2.55. The van der Waals surface area contributed by atoms with E-state index in [0.717, 1.165) is 18.9 Å². The summed E-state index contributed by atoms with van der Waals surface area (Å²) in [5.74, 6) is -1.98. The van der Waals surface area contributed by atoms with E-state index >= 15 is 0 Å². The summed E-state index contributed by atoms with van der Waals surface area (Å²) in [6.07, 6.45) is 6.43. The van der Waals surface area contributed by atoms with E-state index in [4.69, 9.17) is 0 Å². The molecule has 0 spiro atoms. The number of nitrogens with zero attached hydrogens (tertiary/aromatic N) is 5. The second-order valence-electron chi connectivity index (χ2n) is 8.51. The van der Waals surface area contributed by atoms with Gasteiger partial charge in [-0.25, -0.2) is 8.78 Å². The van der Waals surface area contributed by atoms with E-state index in [2.05, 4.69) is 28.7 Å². The van der Waals surface area contributed by atoms with Gasteiger partial charge in [0.05, 0.1) is 11.3 Å². The fourth-order valence-electron chi connectivity index (χ4n) is 4.73. The Balaban J connectivity index is 1.52. The molecule has 2 aromatic heterocycles. The molecule has 4 heterocycles.